The van der Waals surface area contributed by atoms with Crippen molar-refractivity contribution in [1.82, 2.24) is 30.1 Å². The van der Waals surface area contributed by atoms with Crippen LogP contribution in [0.15, 0.2) is 87.5 Å². The summed E-state index contributed by atoms with van der Waals surface area (Å²) >= 11 is 0. The van der Waals surface area contributed by atoms with Crippen LogP contribution in [0.25, 0.3) is 32.3 Å². The Labute approximate surface area is 343 Å². The molecule has 3 amide bonds. The van der Waals surface area contributed by atoms with E-state index < -0.39 is 63.6 Å². The van der Waals surface area contributed by atoms with E-state index in [1.54, 1.807) is 0 Å². The Morgan fingerprint density at radius 3 is 1.12 bits per heavy atom. The maximum atomic E-state index is 14.1. The van der Waals surface area contributed by atoms with Crippen molar-refractivity contribution in [1.29, 1.82) is 0 Å². The number of carbonyl (C=O) groups excluding carboxylic acids is 4. The van der Waals surface area contributed by atoms with E-state index >= 15 is 0 Å². The number of esters is 1. The maximum absolute atomic E-state index is 14.1. The van der Waals surface area contributed by atoms with Gasteiger partial charge in [0.1, 0.15) is 5.75 Å². The molecule has 0 saturated heterocycles. The lowest BCUT2D eigenvalue weighted by atomic mass is 9.93. The van der Waals surface area contributed by atoms with Crippen LogP contribution in [0, 0.1) is 0 Å². The SMILES string of the molecule is C=C(C)C(=O)NCCCNS(=O)(=O)c1cc(OC(C)=O)c2ccc3c(S(=O)(=O)NCCCNC(=O)C(=C)C)cc(S(=O)(=O)NCCCNC(=O)C(=C)C)c4ccc1c2c34. The number of hydrogen-bond acceptors (Lipinski definition) is 11. The largest absolute Gasteiger partial charge is 0.426 e. The van der Waals surface area contributed by atoms with E-state index in [-0.39, 0.29) is 118 Å². The Balaban J connectivity index is 1.89. The molecule has 6 N–H and O–H groups in total. The van der Waals surface area contributed by atoms with E-state index in [9.17, 15) is 44.4 Å². The zero-order valence-electron chi connectivity index (χ0n) is 33.2. The van der Waals surface area contributed by atoms with Crippen molar-refractivity contribution < 1.29 is 49.2 Å². The van der Waals surface area contributed by atoms with Gasteiger partial charge in [-0.2, -0.15) is 0 Å². The first kappa shape index (κ1) is 46.4. The van der Waals surface area contributed by atoms with Gasteiger partial charge in [0.25, 0.3) is 0 Å². The molecule has 20 heteroatoms. The first-order chi connectivity index (χ1) is 27.6. The average molecular weight is 873 g/mol. The second-order valence-electron chi connectivity index (χ2n) is 13.8. The number of amides is 3. The van der Waals surface area contributed by atoms with E-state index in [1.165, 1.54) is 45.0 Å². The molecule has 0 aliphatic rings. The summed E-state index contributed by atoms with van der Waals surface area (Å²) < 4.78 is 97.1. The fourth-order valence-electron chi connectivity index (χ4n) is 5.95. The number of hydrogen-bond donors (Lipinski definition) is 6. The van der Waals surface area contributed by atoms with E-state index in [4.69, 9.17) is 4.74 Å². The average Bonchev–Trinajstić information content (AvgIpc) is 3.15. The van der Waals surface area contributed by atoms with E-state index in [0.717, 1.165) is 19.1 Å². The molecule has 0 aromatic heterocycles. The van der Waals surface area contributed by atoms with Crippen LogP contribution >= 0.6 is 0 Å². The monoisotopic (exact) mass is 872 g/mol. The molecule has 0 atom stereocenters. The molecule has 0 aliphatic carbocycles. The second-order valence-corrected chi connectivity index (χ2v) is 19.0. The molecule has 4 aromatic rings. The minimum Gasteiger partial charge on any atom is -0.426 e. The standard InChI is InChI=1S/C39H48N6O11S3/c1-23(2)37(47)40-15-8-18-43-57(50,51)32-21-31(56-26(7)46)27-11-12-29-33(58(52,53)44-19-9-16-41-38(48)24(3)4)22-34(30-14-13-28(32)35(27)36(29)30)59(54,55)45-20-10-17-42-39(49)25(5)6/h11-14,21-22,43-45H,1,3,5,8-10,15-20H2,2,4,6-7H3,(H,40,47)(H,41,48)(H,42,49). The van der Waals surface area contributed by atoms with Gasteiger partial charge in [0.15, 0.2) is 0 Å². The molecule has 17 nitrogen and oxygen atoms in total. The van der Waals surface area contributed by atoms with Gasteiger partial charge in [-0.05, 0) is 52.2 Å². The van der Waals surface area contributed by atoms with Gasteiger partial charge in [0, 0.05) is 101 Å². The van der Waals surface area contributed by atoms with E-state index in [1.807, 2.05) is 0 Å². The van der Waals surface area contributed by atoms with Crippen LogP contribution in [-0.4, -0.2) is 88.2 Å². The Bertz CT molecular complexity index is 2610. The Morgan fingerprint density at radius 1 is 0.492 bits per heavy atom. The fraction of sp³-hybridized carbons (Fsp3) is 0.333. The molecule has 0 bridgehead atoms. The second kappa shape index (κ2) is 19.2. The van der Waals surface area contributed by atoms with Crippen molar-refractivity contribution in [3.63, 3.8) is 0 Å². The summed E-state index contributed by atoms with van der Waals surface area (Å²) in [6.07, 6.45) is 0.530. The molecule has 318 valence electrons. The van der Waals surface area contributed by atoms with Gasteiger partial charge in [-0.25, -0.2) is 39.4 Å². The first-order valence-electron chi connectivity index (χ1n) is 18.4. The number of sulfonamides is 3. The molecule has 0 spiro atoms. The van der Waals surface area contributed by atoms with E-state index in [2.05, 4.69) is 49.9 Å². The van der Waals surface area contributed by atoms with Gasteiger partial charge in [-0.1, -0.05) is 37.9 Å². The number of nitrogens with one attached hydrogen (secondary N) is 6. The molecule has 0 radical (unpaired) electrons. The third-order valence-electron chi connectivity index (χ3n) is 8.83. The smallest absolute Gasteiger partial charge is 0.308 e. The van der Waals surface area contributed by atoms with Gasteiger partial charge < -0.3 is 20.7 Å². The molecule has 0 aliphatic heterocycles. The predicted octanol–water partition coefficient (Wildman–Crippen LogP) is 2.59. The predicted molar refractivity (Wildman–Crippen MR) is 224 cm³/mol. The quantitative estimate of drug-likeness (QED) is 0.0220. The van der Waals surface area contributed by atoms with Crippen molar-refractivity contribution in [3.8, 4) is 5.75 Å². The number of ether oxygens (including phenoxy) is 1. The van der Waals surface area contributed by atoms with Crippen LogP contribution < -0.4 is 34.9 Å². The highest BCUT2D eigenvalue weighted by molar-refractivity contribution is 7.90. The zero-order valence-corrected chi connectivity index (χ0v) is 35.6. The normalized spacial score (nSPS) is 12.1. The maximum Gasteiger partial charge on any atom is 0.308 e. The third-order valence-corrected chi connectivity index (χ3v) is 13.3. The summed E-state index contributed by atoms with van der Waals surface area (Å²) in [5.74, 6) is -2.17. The molecule has 4 aromatic carbocycles. The summed E-state index contributed by atoms with van der Waals surface area (Å²) in [7, 11) is -13.4. The van der Waals surface area contributed by atoms with Crippen molar-refractivity contribution >= 4 is 86.1 Å². The molecule has 0 fully saturated rings. The topological polar surface area (TPSA) is 252 Å². The van der Waals surface area contributed by atoms with Gasteiger partial charge in [-0.3, -0.25) is 19.2 Å². The molecule has 0 saturated carbocycles. The molecule has 0 heterocycles. The number of rotatable bonds is 22. The van der Waals surface area contributed by atoms with E-state index in [0.29, 0.717) is 0 Å². The molecule has 4 rings (SSSR count). The van der Waals surface area contributed by atoms with Crippen LogP contribution in [-0.2, 0) is 49.2 Å². The summed E-state index contributed by atoms with van der Waals surface area (Å²) in [4.78, 5) is 46.8. The highest BCUT2D eigenvalue weighted by atomic mass is 32.2. The summed E-state index contributed by atoms with van der Waals surface area (Å²) in [5, 5.41) is 8.31. The third kappa shape index (κ3) is 11.3. The van der Waals surface area contributed by atoms with Crippen LogP contribution in [0.2, 0.25) is 0 Å². The lowest BCUT2D eigenvalue weighted by molar-refractivity contribution is -0.131. The fourth-order valence-corrected chi connectivity index (χ4v) is 9.92. The van der Waals surface area contributed by atoms with Crippen LogP contribution in [0.4, 0.5) is 0 Å². The lowest BCUT2D eigenvalue weighted by Gasteiger charge is -2.21. The van der Waals surface area contributed by atoms with Crippen LogP contribution in [0.1, 0.15) is 47.0 Å². The molecule has 0 unspecified atom stereocenters. The van der Waals surface area contributed by atoms with Crippen LogP contribution in [0.5, 0.6) is 5.75 Å². The number of benzene rings is 4. The van der Waals surface area contributed by atoms with Gasteiger partial charge >= 0.3 is 5.97 Å². The van der Waals surface area contributed by atoms with Gasteiger partial charge in [-0.15, -0.1) is 0 Å². The summed E-state index contributed by atoms with van der Waals surface area (Å²) in [6.45, 7) is 16.3. The van der Waals surface area contributed by atoms with Gasteiger partial charge in [0.2, 0.25) is 47.8 Å². The zero-order chi connectivity index (χ0) is 43.9. The van der Waals surface area contributed by atoms with Crippen molar-refractivity contribution in [2.24, 2.45) is 0 Å². The highest BCUT2D eigenvalue weighted by Crippen LogP contribution is 2.45. The summed E-state index contributed by atoms with van der Waals surface area (Å²) in [5.41, 5.74) is 0.821. The minimum atomic E-state index is -4.51. The minimum absolute atomic E-state index is 0.0344. The Kier molecular flexibility index (Phi) is 15.1. The lowest BCUT2D eigenvalue weighted by Crippen LogP contribution is -2.31. The van der Waals surface area contributed by atoms with Crippen molar-refractivity contribution in [2.75, 3.05) is 39.3 Å². The molecule has 59 heavy (non-hydrogen) atoms. The van der Waals surface area contributed by atoms with Crippen molar-refractivity contribution in [3.05, 3.63) is 72.9 Å². The van der Waals surface area contributed by atoms with Crippen LogP contribution in [0.3, 0.4) is 0 Å². The summed E-state index contributed by atoms with van der Waals surface area (Å²) in [6, 6.07) is 7.80. The van der Waals surface area contributed by atoms with Crippen molar-refractivity contribution in [2.45, 2.75) is 61.6 Å². The molecular weight excluding hydrogens is 825 g/mol. The number of carbonyl (C=O) groups is 4. The Morgan fingerprint density at radius 2 is 0.797 bits per heavy atom. The highest BCUT2D eigenvalue weighted by Gasteiger charge is 2.30. The Hall–Kier alpha value is -5.25. The molecular formula is C39H48N6O11S3. The first-order valence-corrected chi connectivity index (χ1v) is 22.8. The van der Waals surface area contributed by atoms with Gasteiger partial charge in [0.05, 0.1) is 14.7 Å².